The normalized spacial score (nSPS) is 10.1. The van der Waals surface area contributed by atoms with Crippen molar-refractivity contribution in [3.63, 3.8) is 0 Å². The number of hydrogen-bond donors (Lipinski definition) is 2. The van der Waals surface area contributed by atoms with Crippen LogP contribution < -0.4 is 10.1 Å². The van der Waals surface area contributed by atoms with Crippen LogP contribution in [0.5, 0.6) is 11.5 Å². The van der Waals surface area contributed by atoms with Crippen molar-refractivity contribution in [2.75, 3.05) is 7.11 Å². The van der Waals surface area contributed by atoms with Crippen LogP contribution in [0.4, 0.5) is 0 Å². The summed E-state index contributed by atoms with van der Waals surface area (Å²) in [6, 6.07) is 6.21. The molecule has 1 aromatic heterocycles. The summed E-state index contributed by atoms with van der Waals surface area (Å²) < 4.78 is 5.03. The van der Waals surface area contributed by atoms with Gasteiger partial charge in [0.25, 0.3) is 5.91 Å². The fourth-order valence-electron chi connectivity index (χ4n) is 1.69. The maximum absolute atomic E-state index is 12.0. The summed E-state index contributed by atoms with van der Waals surface area (Å²) in [5, 5.41) is 12.4. The minimum Gasteiger partial charge on any atom is -0.507 e. The maximum atomic E-state index is 12.0. The highest BCUT2D eigenvalue weighted by atomic mass is 16.5. The molecule has 0 fully saturated rings. The molecule has 1 heterocycles. The first kappa shape index (κ1) is 13.8. The third-order valence-electron chi connectivity index (χ3n) is 2.71. The predicted octanol–water partition coefficient (Wildman–Crippen LogP) is 1.43. The number of benzene rings is 1. The molecule has 0 atom stereocenters. The van der Waals surface area contributed by atoms with Crippen LogP contribution in [0.2, 0.25) is 0 Å². The van der Waals surface area contributed by atoms with Gasteiger partial charge in [-0.2, -0.15) is 0 Å². The summed E-state index contributed by atoms with van der Waals surface area (Å²) >= 11 is 0. The summed E-state index contributed by atoms with van der Waals surface area (Å²) in [6.07, 6.45) is 1.63. The highest BCUT2D eigenvalue weighted by Gasteiger charge is 2.12. The Morgan fingerprint density at radius 1 is 1.40 bits per heavy atom. The second-order valence-corrected chi connectivity index (χ2v) is 4.16. The smallest absolute Gasteiger partial charge is 0.255 e. The molecule has 2 N–H and O–H groups in total. The van der Waals surface area contributed by atoms with Gasteiger partial charge in [0.2, 0.25) is 0 Å². The van der Waals surface area contributed by atoms with Gasteiger partial charge >= 0.3 is 0 Å². The van der Waals surface area contributed by atoms with Crippen molar-refractivity contribution in [3.8, 4) is 11.5 Å². The summed E-state index contributed by atoms with van der Waals surface area (Å²) in [6.45, 7) is 2.04. The lowest BCUT2D eigenvalue weighted by atomic mass is 10.1. The van der Waals surface area contributed by atoms with Gasteiger partial charge in [-0.05, 0) is 31.2 Å². The quantitative estimate of drug-likeness (QED) is 0.880. The Morgan fingerprint density at radius 2 is 2.20 bits per heavy atom. The fraction of sp³-hybridized carbons (Fsp3) is 0.214. The Hall–Kier alpha value is -2.63. The minimum atomic E-state index is -0.391. The number of carbonyl (C=O) groups is 1. The molecule has 2 rings (SSSR count). The van der Waals surface area contributed by atoms with Gasteiger partial charge in [-0.1, -0.05) is 0 Å². The predicted molar refractivity (Wildman–Crippen MR) is 72.6 cm³/mol. The Kier molecular flexibility index (Phi) is 4.14. The van der Waals surface area contributed by atoms with Crippen molar-refractivity contribution in [2.24, 2.45) is 0 Å². The average Bonchev–Trinajstić information content (AvgIpc) is 2.45. The number of aryl methyl sites for hydroxylation is 1. The largest absolute Gasteiger partial charge is 0.507 e. The zero-order chi connectivity index (χ0) is 14.5. The van der Waals surface area contributed by atoms with Crippen molar-refractivity contribution in [1.29, 1.82) is 0 Å². The van der Waals surface area contributed by atoms with Gasteiger partial charge in [0.15, 0.2) is 0 Å². The van der Waals surface area contributed by atoms with E-state index >= 15 is 0 Å². The lowest BCUT2D eigenvalue weighted by Gasteiger charge is -2.08. The van der Waals surface area contributed by atoms with Crippen LogP contribution in [0, 0.1) is 6.92 Å². The number of methoxy groups -OCH3 is 1. The Bertz CT molecular complexity index is 629. The molecular formula is C14H15N3O3. The van der Waals surface area contributed by atoms with Gasteiger partial charge in [-0.25, -0.2) is 9.97 Å². The molecule has 2 aromatic rings. The van der Waals surface area contributed by atoms with Crippen molar-refractivity contribution in [1.82, 2.24) is 15.3 Å². The Balaban J connectivity index is 2.08. The number of nitrogens with zero attached hydrogens (tertiary/aromatic N) is 2. The number of phenols is 1. The van der Waals surface area contributed by atoms with Crippen LogP contribution in [0.1, 0.15) is 21.9 Å². The first-order chi connectivity index (χ1) is 9.60. The van der Waals surface area contributed by atoms with Crippen LogP contribution in [-0.2, 0) is 6.54 Å². The van der Waals surface area contributed by atoms with E-state index in [4.69, 9.17) is 4.74 Å². The molecule has 0 radical (unpaired) electrons. The summed E-state index contributed by atoms with van der Waals surface area (Å²) in [5.41, 5.74) is 0.864. The number of rotatable bonds is 4. The topological polar surface area (TPSA) is 84.3 Å². The minimum absolute atomic E-state index is 0.0952. The zero-order valence-corrected chi connectivity index (χ0v) is 11.3. The van der Waals surface area contributed by atoms with Crippen LogP contribution in [0.15, 0.2) is 30.5 Å². The average molecular weight is 273 g/mol. The third-order valence-corrected chi connectivity index (χ3v) is 2.71. The number of ether oxygens (including phenoxy) is 1. The molecular weight excluding hydrogens is 258 g/mol. The number of nitrogens with one attached hydrogen (secondary N) is 1. The Morgan fingerprint density at radius 3 is 2.90 bits per heavy atom. The SMILES string of the molecule is COc1ccc(O)c(C(=O)NCc2ccnc(C)n2)c1. The van der Waals surface area contributed by atoms with E-state index in [1.807, 2.05) is 0 Å². The second kappa shape index (κ2) is 6.01. The molecule has 1 aromatic carbocycles. The maximum Gasteiger partial charge on any atom is 0.255 e. The number of phenolic OH excluding ortho intramolecular Hbond substituents is 1. The molecule has 0 saturated heterocycles. The Labute approximate surface area is 116 Å². The lowest BCUT2D eigenvalue weighted by Crippen LogP contribution is -2.23. The van der Waals surface area contributed by atoms with Crippen molar-refractivity contribution in [2.45, 2.75) is 13.5 Å². The van der Waals surface area contributed by atoms with Gasteiger partial charge in [-0.15, -0.1) is 0 Å². The number of aromatic hydroxyl groups is 1. The third kappa shape index (κ3) is 3.23. The van der Waals surface area contributed by atoms with E-state index < -0.39 is 5.91 Å². The van der Waals surface area contributed by atoms with E-state index in [9.17, 15) is 9.90 Å². The highest BCUT2D eigenvalue weighted by Crippen LogP contribution is 2.22. The van der Waals surface area contributed by atoms with Gasteiger partial charge in [0.1, 0.15) is 17.3 Å². The van der Waals surface area contributed by atoms with Crippen molar-refractivity contribution < 1.29 is 14.6 Å². The number of aromatic nitrogens is 2. The standard InChI is InChI=1S/C14H15N3O3/c1-9-15-6-5-10(17-9)8-16-14(19)12-7-11(20-2)3-4-13(12)18/h3-7,18H,8H2,1-2H3,(H,16,19). The molecule has 6 heteroatoms. The van der Waals surface area contributed by atoms with E-state index in [1.165, 1.54) is 19.2 Å². The molecule has 0 unspecified atom stereocenters. The van der Waals surface area contributed by atoms with E-state index in [-0.39, 0.29) is 17.9 Å². The molecule has 0 aliphatic rings. The molecule has 0 bridgehead atoms. The molecule has 6 nitrogen and oxygen atoms in total. The van der Waals surface area contributed by atoms with Gasteiger partial charge in [-0.3, -0.25) is 4.79 Å². The molecule has 0 aliphatic carbocycles. The molecule has 0 aliphatic heterocycles. The van der Waals surface area contributed by atoms with Gasteiger partial charge in [0.05, 0.1) is 24.9 Å². The van der Waals surface area contributed by atoms with E-state index in [2.05, 4.69) is 15.3 Å². The van der Waals surface area contributed by atoms with E-state index in [0.29, 0.717) is 17.3 Å². The lowest BCUT2D eigenvalue weighted by molar-refractivity contribution is 0.0947. The molecule has 0 spiro atoms. The molecule has 20 heavy (non-hydrogen) atoms. The summed E-state index contributed by atoms with van der Waals surface area (Å²) in [7, 11) is 1.50. The summed E-state index contributed by atoms with van der Waals surface area (Å²) in [4.78, 5) is 20.2. The van der Waals surface area contributed by atoms with Gasteiger partial charge < -0.3 is 15.2 Å². The monoisotopic (exact) mass is 273 g/mol. The van der Waals surface area contributed by atoms with Crippen LogP contribution >= 0.6 is 0 Å². The highest BCUT2D eigenvalue weighted by molar-refractivity contribution is 5.97. The van der Waals surface area contributed by atoms with Crippen LogP contribution in [-0.4, -0.2) is 28.1 Å². The number of amides is 1. The first-order valence-corrected chi connectivity index (χ1v) is 6.04. The second-order valence-electron chi connectivity index (χ2n) is 4.16. The fourth-order valence-corrected chi connectivity index (χ4v) is 1.69. The van der Waals surface area contributed by atoms with Crippen molar-refractivity contribution in [3.05, 3.63) is 47.5 Å². The first-order valence-electron chi connectivity index (χ1n) is 6.04. The number of carbonyl (C=O) groups excluding carboxylic acids is 1. The van der Waals surface area contributed by atoms with Gasteiger partial charge in [0, 0.05) is 6.20 Å². The molecule has 0 saturated carbocycles. The van der Waals surface area contributed by atoms with Crippen LogP contribution in [0.3, 0.4) is 0 Å². The number of hydrogen-bond acceptors (Lipinski definition) is 5. The van der Waals surface area contributed by atoms with Crippen molar-refractivity contribution >= 4 is 5.91 Å². The summed E-state index contributed by atoms with van der Waals surface area (Å²) in [5.74, 6) is 0.659. The van der Waals surface area contributed by atoms with Crippen LogP contribution in [0.25, 0.3) is 0 Å². The molecule has 104 valence electrons. The van der Waals surface area contributed by atoms with E-state index in [0.717, 1.165) is 0 Å². The zero-order valence-electron chi connectivity index (χ0n) is 11.3. The van der Waals surface area contributed by atoms with E-state index in [1.54, 1.807) is 25.3 Å². The molecule has 1 amide bonds.